The van der Waals surface area contributed by atoms with Gasteiger partial charge in [0.05, 0.1) is 12.7 Å². The van der Waals surface area contributed by atoms with Crippen LogP contribution in [-0.2, 0) is 9.53 Å². The monoisotopic (exact) mass is 410 g/mol. The molecule has 0 aliphatic rings. The summed E-state index contributed by atoms with van der Waals surface area (Å²) in [6, 6.07) is 11.1. The molecule has 1 atom stereocenters. The number of methoxy groups -OCH3 is 1. The fourth-order valence-electron chi connectivity index (χ4n) is 2.57. The summed E-state index contributed by atoms with van der Waals surface area (Å²) in [4.78, 5) is 45.9. The molecule has 1 aromatic carbocycles. The summed E-state index contributed by atoms with van der Waals surface area (Å²) < 4.78 is 4.68. The molecule has 0 saturated carbocycles. The second-order valence-corrected chi connectivity index (χ2v) is 7.17. The summed E-state index contributed by atoms with van der Waals surface area (Å²) in [5, 5.41) is 5.63. The van der Waals surface area contributed by atoms with Gasteiger partial charge in [-0.2, -0.15) is 0 Å². The van der Waals surface area contributed by atoms with Crippen LogP contribution in [0.15, 0.2) is 54.9 Å². The maximum atomic E-state index is 12.9. The number of carbonyl (C=O) groups is 3. The van der Waals surface area contributed by atoms with Crippen LogP contribution in [0.25, 0.3) is 0 Å². The van der Waals surface area contributed by atoms with Crippen molar-refractivity contribution in [2.45, 2.75) is 13.0 Å². The van der Waals surface area contributed by atoms with E-state index in [9.17, 15) is 14.4 Å². The molecule has 8 nitrogen and oxygen atoms in total. The molecule has 9 heteroatoms. The molecular weight excluding hydrogens is 392 g/mol. The van der Waals surface area contributed by atoms with Gasteiger partial charge in [0.1, 0.15) is 6.04 Å². The summed E-state index contributed by atoms with van der Waals surface area (Å²) in [5.74, 6) is -1.50. The Morgan fingerprint density at radius 3 is 2.52 bits per heavy atom. The van der Waals surface area contributed by atoms with Gasteiger partial charge in [-0.1, -0.05) is 30.3 Å². The fraction of sp³-hybridized carbons (Fsp3) is 0.150. The average molecular weight is 410 g/mol. The molecule has 0 radical (unpaired) electrons. The molecule has 0 fully saturated rings. The van der Waals surface area contributed by atoms with Gasteiger partial charge in [0.2, 0.25) is 0 Å². The van der Waals surface area contributed by atoms with E-state index < -0.39 is 23.8 Å². The number of benzene rings is 1. The first-order chi connectivity index (χ1) is 14.0. The van der Waals surface area contributed by atoms with E-state index in [0.29, 0.717) is 16.0 Å². The van der Waals surface area contributed by atoms with Crippen LogP contribution < -0.4 is 10.6 Å². The van der Waals surface area contributed by atoms with Gasteiger partial charge in [0, 0.05) is 17.3 Å². The van der Waals surface area contributed by atoms with Gasteiger partial charge in [0.25, 0.3) is 11.8 Å². The van der Waals surface area contributed by atoms with Crippen molar-refractivity contribution in [2.75, 3.05) is 12.4 Å². The second kappa shape index (κ2) is 9.07. The number of anilines is 1. The Morgan fingerprint density at radius 2 is 1.86 bits per heavy atom. The molecule has 2 heterocycles. The molecule has 0 aliphatic carbocycles. The molecular formula is C20H18N4O4S. The maximum Gasteiger partial charge on any atom is 0.357 e. The molecule has 3 aromatic rings. The smallest absolute Gasteiger partial charge is 0.357 e. The number of aromatic nitrogens is 2. The SMILES string of the molecule is COC(=O)c1nc(NC(=O)[C@H](NC(=O)c2cccnc2)c2ccccc2)sc1C. The predicted octanol–water partition coefficient (Wildman–Crippen LogP) is 2.74. The van der Waals surface area contributed by atoms with Crippen LogP contribution in [-0.4, -0.2) is 34.9 Å². The number of rotatable bonds is 6. The summed E-state index contributed by atoms with van der Waals surface area (Å²) in [7, 11) is 1.26. The first kappa shape index (κ1) is 20.2. The van der Waals surface area contributed by atoms with Gasteiger partial charge in [-0.3, -0.25) is 19.9 Å². The minimum Gasteiger partial charge on any atom is -0.464 e. The topological polar surface area (TPSA) is 110 Å². The fourth-order valence-corrected chi connectivity index (χ4v) is 3.37. The van der Waals surface area contributed by atoms with Crippen LogP contribution in [0, 0.1) is 6.92 Å². The number of hydrogen-bond acceptors (Lipinski definition) is 7. The van der Waals surface area contributed by atoms with Crippen LogP contribution in [0.4, 0.5) is 5.13 Å². The van der Waals surface area contributed by atoms with Gasteiger partial charge in [0.15, 0.2) is 10.8 Å². The van der Waals surface area contributed by atoms with E-state index in [0.717, 1.165) is 11.3 Å². The molecule has 0 bridgehead atoms. The molecule has 2 N–H and O–H groups in total. The number of nitrogens with zero attached hydrogens (tertiary/aromatic N) is 2. The molecule has 29 heavy (non-hydrogen) atoms. The van der Waals surface area contributed by atoms with E-state index in [2.05, 4.69) is 25.3 Å². The van der Waals surface area contributed by atoms with Crippen LogP contribution in [0.2, 0.25) is 0 Å². The predicted molar refractivity (Wildman–Crippen MR) is 108 cm³/mol. The second-order valence-electron chi connectivity index (χ2n) is 5.96. The van der Waals surface area contributed by atoms with Crippen LogP contribution >= 0.6 is 11.3 Å². The molecule has 0 spiro atoms. The lowest BCUT2D eigenvalue weighted by atomic mass is 10.1. The Hall–Kier alpha value is -3.59. The molecule has 0 saturated heterocycles. The number of ether oxygens (including phenoxy) is 1. The Morgan fingerprint density at radius 1 is 1.10 bits per heavy atom. The zero-order valence-corrected chi connectivity index (χ0v) is 16.5. The third-order valence-electron chi connectivity index (χ3n) is 4.00. The van der Waals surface area contributed by atoms with Crippen LogP contribution in [0.3, 0.4) is 0 Å². The van der Waals surface area contributed by atoms with Crippen molar-refractivity contribution >= 4 is 34.3 Å². The normalized spacial score (nSPS) is 11.4. The van der Waals surface area contributed by atoms with E-state index in [4.69, 9.17) is 0 Å². The first-order valence-electron chi connectivity index (χ1n) is 8.62. The Labute approximate surface area is 171 Å². The highest BCUT2D eigenvalue weighted by Crippen LogP contribution is 2.24. The number of pyridine rings is 1. The lowest BCUT2D eigenvalue weighted by Gasteiger charge is -2.18. The van der Waals surface area contributed by atoms with E-state index in [1.165, 1.54) is 13.3 Å². The van der Waals surface area contributed by atoms with Crippen LogP contribution in [0.1, 0.15) is 37.3 Å². The third-order valence-corrected chi connectivity index (χ3v) is 4.89. The highest BCUT2D eigenvalue weighted by molar-refractivity contribution is 7.16. The number of amides is 2. The molecule has 0 aliphatic heterocycles. The highest BCUT2D eigenvalue weighted by atomic mass is 32.1. The average Bonchev–Trinajstić information content (AvgIpc) is 3.12. The summed E-state index contributed by atoms with van der Waals surface area (Å²) in [6.45, 7) is 1.71. The summed E-state index contributed by atoms with van der Waals surface area (Å²) in [5.41, 5.74) is 1.08. The number of esters is 1. The lowest BCUT2D eigenvalue weighted by Crippen LogP contribution is -2.37. The number of carbonyl (C=O) groups excluding carboxylic acids is 3. The summed E-state index contributed by atoms with van der Waals surface area (Å²) >= 11 is 1.15. The van der Waals surface area contributed by atoms with Crippen molar-refractivity contribution in [1.82, 2.24) is 15.3 Å². The number of nitrogens with one attached hydrogen (secondary N) is 2. The highest BCUT2D eigenvalue weighted by Gasteiger charge is 2.25. The Kier molecular flexibility index (Phi) is 6.30. The first-order valence-corrected chi connectivity index (χ1v) is 9.43. The van der Waals surface area contributed by atoms with Gasteiger partial charge in [-0.25, -0.2) is 9.78 Å². The zero-order chi connectivity index (χ0) is 20.8. The number of thiazole rings is 1. The van der Waals surface area contributed by atoms with E-state index in [-0.39, 0.29) is 10.8 Å². The molecule has 2 amide bonds. The van der Waals surface area contributed by atoms with Crippen molar-refractivity contribution in [1.29, 1.82) is 0 Å². The Bertz CT molecular complexity index is 1020. The van der Waals surface area contributed by atoms with Crippen molar-refractivity contribution in [3.8, 4) is 0 Å². The van der Waals surface area contributed by atoms with Crippen molar-refractivity contribution in [3.05, 3.63) is 76.6 Å². The number of aryl methyl sites for hydroxylation is 1. The maximum absolute atomic E-state index is 12.9. The molecule has 3 rings (SSSR count). The quantitative estimate of drug-likeness (QED) is 0.605. The van der Waals surface area contributed by atoms with Crippen molar-refractivity contribution in [3.63, 3.8) is 0 Å². The molecule has 148 valence electrons. The van der Waals surface area contributed by atoms with Crippen molar-refractivity contribution in [2.24, 2.45) is 0 Å². The minimum atomic E-state index is -0.963. The van der Waals surface area contributed by atoms with Gasteiger partial charge in [-0.15, -0.1) is 11.3 Å². The van der Waals surface area contributed by atoms with Gasteiger partial charge < -0.3 is 10.1 Å². The third kappa shape index (κ3) is 4.82. The molecule has 0 unspecified atom stereocenters. The zero-order valence-electron chi connectivity index (χ0n) is 15.7. The largest absolute Gasteiger partial charge is 0.464 e. The van der Waals surface area contributed by atoms with Crippen LogP contribution in [0.5, 0.6) is 0 Å². The van der Waals surface area contributed by atoms with E-state index >= 15 is 0 Å². The van der Waals surface area contributed by atoms with E-state index in [1.807, 2.05) is 6.07 Å². The minimum absolute atomic E-state index is 0.142. The standard InChI is InChI=1S/C20H18N4O4S/c1-12-15(19(27)28-2)23-20(29-12)24-18(26)16(13-7-4-3-5-8-13)22-17(25)14-9-6-10-21-11-14/h3-11,16H,1-2H3,(H,22,25)(H,23,24,26)/t16-/m1/s1. The summed E-state index contributed by atoms with van der Waals surface area (Å²) in [6.07, 6.45) is 2.98. The van der Waals surface area contributed by atoms with Crippen molar-refractivity contribution < 1.29 is 19.1 Å². The lowest BCUT2D eigenvalue weighted by molar-refractivity contribution is -0.118. The van der Waals surface area contributed by atoms with E-state index in [1.54, 1.807) is 49.5 Å². The molecule has 2 aromatic heterocycles. The number of hydrogen-bond donors (Lipinski definition) is 2. The van der Waals surface area contributed by atoms with Gasteiger partial charge in [-0.05, 0) is 24.6 Å². The Balaban J connectivity index is 1.83. The van der Waals surface area contributed by atoms with Gasteiger partial charge >= 0.3 is 5.97 Å².